The van der Waals surface area contributed by atoms with Crippen molar-refractivity contribution < 1.29 is 13.5 Å². The van der Waals surface area contributed by atoms with Crippen LogP contribution in [0.4, 0.5) is 0 Å². The fraction of sp³-hybridized carbons (Fsp3) is 1.00. The Morgan fingerprint density at radius 2 is 2.18 bits per heavy atom. The molecule has 0 aliphatic carbocycles. The van der Waals surface area contributed by atoms with Crippen LogP contribution < -0.4 is 5.32 Å². The van der Waals surface area contributed by atoms with Crippen LogP contribution in [0.1, 0.15) is 20.3 Å². The van der Waals surface area contributed by atoms with Gasteiger partial charge in [0.2, 0.25) is 0 Å². The number of nitrogens with one attached hydrogen (secondary N) is 1. The second-order valence-corrected chi connectivity index (χ2v) is 8.01. The summed E-state index contributed by atoms with van der Waals surface area (Å²) >= 11 is 0. The van der Waals surface area contributed by atoms with E-state index in [1.807, 2.05) is 0 Å². The van der Waals surface area contributed by atoms with Crippen molar-refractivity contribution >= 4 is 9.84 Å². The van der Waals surface area contributed by atoms with Gasteiger partial charge in [-0.15, -0.1) is 0 Å². The van der Waals surface area contributed by atoms with Gasteiger partial charge in [0.15, 0.2) is 9.84 Å². The molecule has 17 heavy (non-hydrogen) atoms. The molecule has 100 valence electrons. The maximum absolute atomic E-state index is 11.6. The Labute approximate surface area is 103 Å². The molecule has 2 aliphatic rings. The number of rotatable bonds is 2. The molecular formula is C11H22N2O3S. The minimum absolute atomic E-state index is 0.0454. The number of sulfone groups is 1. The minimum Gasteiger partial charge on any atom is -0.395 e. The lowest BCUT2D eigenvalue weighted by molar-refractivity contribution is 0.0211. The van der Waals surface area contributed by atoms with Crippen LogP contribution in [-0.2, 0) is 9.84 Å². The van der Waals surface area contributed by atoms with Crippen molar-refractivity contribution in [1.29, 1.82) is 0 Å². The minimum atomic E-state index is -2.84. The van der Waals surface area contributed by atoms with E-state index >= 15 is 0 Å². The fourth-order valence-electron chi connectivity index (χ4n) is 2.83. The SMILES string of the molecule is CC1(C)CNC(CO)CN1C1CCS(=O)(=O)C1. The van der Waals surface area contributed by atoms with Gasteiger partial charge in [0.1, 0.15) is 0 Å². The van der Waals surface area contributed by atoms with Crippen molar-refractivity contribution in [2.24, 2.45) is 0 Å². The van der Waals surface area contributed by atoms with Crippen LogP contribution in [0.25, 0.3) is 0 Å². The average Bonchev–Trinajstić information content (AvgIpc) is 2.58. The number of aliphatic hydroxyl groups is 1. The van der Waals surface area contributed by atoms with Crippen LogP contribution in [0, 0.1) is 0 Å². The lowest BCUT2D eigenvalue weighted by atomic mass is 9.94. The molecule has 2 fully saturated rings. The fourth-order valence-corrected chi connectivity index (χ4v) is 4.56. The molecule has 0 saturated carbocycles. The van der Waals surface area contributed by atoms with Crippen LogP contribution in [0.2, 0.25) is 0 Å². The van der Waals surface area contributed by atoms with Gasteiger partial charge in [0.05, 0.1) is 18.1 Å². The molecular weight excluding hydrogens is 240 g/mol. The van der Waals surface area contributed by atoms with Gasteiger partial charge in [-0.25, -0.2) is 8.42 Å². The third-order valence-corrected chi connectivity index (χ3v) is 5.64. The molecule has 0 aromatic carbocycles. The second-order valence-electron chi connectivity index (χ2n) is 5.78. The Morgan fingerprint density at radius 1 is 1.47 bits per heavy atom. The predicted octanol–water partition coefficient (Wildman–Crippen LogP) is -0.782. The first-order valence-corrected chi connectivity index (χ1v) is 7.98. The molecule has 2 unspecified atom stereocenters. The zero-order valence-electron chi connectivity index (χ0n) is 10.5. The molecule has 6 heteroatoms. The third-order valence-electron chi connectivity index (χ3n) is 3.89. The van der Waals surface area contributed by atoms with Gasteiger partial charge in [-0.1, -0.05) is 0 Å². The van der Waals surface area contributed by atoms with Crippen molar-refractivity contribution in [1.82, 2.24) is 10.2 Å². The van der Waals surface area contributed by atoms with E-state index in [9.17, 15) is 13.5 Å². The Balaban J connectivity index is 2.11. The third kappa shape index (κ3) is 2.81. The molecule has 2 atom stereocenters. The largest absolute Gasteiger partial charge is 0.395 e. The van der Waals surface area contributed by atoms with E-state index in [2.05, 4.69) is 24.1 Å². The summed E-state index contributed by atoms with van der Waals surface area (Å²) in [5.74, 6) is 0.579. The Kier molecular flexibility index (Phi) is 3.51. The lowest BCUT2D eigenvalue weighted by Gasteiger charge is -2.48. The van der Waals surface area contributed by atoms with Gasteiger partial charge in [0.25, 0.3) is 0 Å². The van der Waals surface area contributed by atoms with Gasteiger partial charge in [0, 0.05) is 30.7 Å². The van der Waals surface area contributed by atoms with E-state index in [1.165, 1.54) is 0 Å². The van der Waals surface area contributed by atoms with Gasteiger partial charge in [-0.05, 0) is 20.3 Å². The number of hydrogen-bond donors (Lipinski definition) is 2. The Morgan fingerprint density at radius 3 is 2.71 bits per heavy atom. The Hall–Kier alpha value is -0.170. The highest BCUT2D eigenvalue weighted by atomic mass is 32.2. The van der Waals surface area contributed by atoms with Crippen molar-refractivity contribution in [2.45, 2.75) is 37.9 Å². The topological polar surface area (TPSA) is 69.6 Å². The molecule has 2 aliphatic heterocycles. The Bertz CT molecular complexity index is 380. The number of nitrogens with zero attached hydrogens (tertiary/aromatic N) is 1. The van der Waals surface area contributed by atoms with Crippen molar-refractivity contribution in [3.8, 4) is 0 Å². The smallest absolute Gasteiger partial charge is 0.151 e. The molecule has 5 nitrogen and oxygen atoms in total. The number of aliphatic hydroxyl groups excluding tert-OH is 1. The molecule has 0 amide bonds. The van der Waals surface area contributed by atoms with Gasteiger partial charge in [-0.3, -0.25) is 4.90 Å². The summed E-state index contributed by atoms with van der Waals surface area (Å²) in [5.41, 5.74) is -0.0454. The van der Waals surface area contributed by atoms with E-state index in [4.69, 9.17) is 0 Å². The highest BCUT2D eigenvalue weighted by molar-refractivity contribution is 7.91. The zero-order chi connectivity index (χ0) is 12.7. The number of hydrogen-bond acceptors (Lipinski definition) is 5. The van der Waals surface area contributed by atoms with Crippen LogP contribution in [-0.4, -0.2) is 67.2 Å². The monoisotopic (exact) mass is 262 g/mol. The first kappa shape index (κ1) is 13.3. The second kappa shape index (κ2) is 4.50. The highest BCUT2D eigenvalue weighted by Crippen LogP contribution is 2.27. The van der Waals surface area contributed by atoms with Crippen molar-refractivity contribution in [3.05, 3.63) is 0 Å². The summed E-state index contributed by atoms with van der Waals surface area (Å²) in [6.07, 6.45) is 0.726. The molecule has 0 spiro atoms. The van der Waals surface area contributed by atoms with Crippen LogP contribution >= 0.6 is 0 Å². The van der Waals surface area contributed by atoms with Crippen LogP contribution in [0.5, 0.6) is 0 Å². The quantitative estimate of drug-likeness (QED) is 0.683. The summed E-state index contributed by atoms with van der Waals surface area (Å²) < 4.78 is 23.1. The molecule has 0 aromatic heterocycles. The molecule has 2 heterocycles. The van der Waals surface area contributed by atoms with E-state index in [1.54, 1.807) is 0 Å². The van der Waals surface area contributed by atoms with Crippen LogP contribution in [0.3, 0.4) is 0 Å². The molecule has 0 radical (unpaired) electrons. The maximum Gasteiger partial charge on any atom is 0.151 e. The van der Waals surface area contributed by atoms with Crippen molar-refractivity contribution in [2.75, 3.05) is 31.2 Å². The molecule has 2 N–H and O–H groups in total. The lowest BCUT2D eigenvalue weighted by Crippen LogP contribution is -2.65. The summed E-state index contributed by atoms with van der Waals surface area (Å²) in [4.78, 5) is 2.26. The molecule has 0 aromatic rings. The van der Waals surface area contributed by atoms with Crippen molar-refractivity contribution in [3.63, 3.8) is 0 Å². The normalized spacial score (nSPS) is 37.1. The zero-order valence-corrected chi connectivity index (χ0v) is 11.3. The van der Waals surface area contributed by atoms with E-state index in [0.29, 0.717) is 5.75 Å². The number of piperazine rings is 1. The average molecular weight is 262 g/mol. The standard InChI is InChI=1S/C11H22N2O3S/c1-11(2)8-12-9(6-14)5-13(11)10-3-4-17(15,16)7-10/h9-10,12,14H,3-8H2,1-2H3. The molecule has 2 rings (SSSR count). The molecule has 0 bridgehead atoms. The first-order valence-electron chi connectivity index (χ1n) is 6.15. The van der Waals surface area contributed by atoms with E-state index in [-0.39, 0.29) is 30.0 Å². The van der Waals surface area contributed by atoms with E-state index in [0.717, 1.165) is 19.5 Å². The predicted molar refractivity (Wildman–Crippen MR) is 66.7 cm³/mol. The summed E-state index contributed by atoms with van der Waals surface area (Å²) in [5, 5.41) is 12.5. The van der Waals surface area contributed by atoms with Gasteiger partial charge < -0.3 is 10.4 Å². The summed E-state index contributed by atoms with van der Waals surface area (Å²) in [6, 6.07) is 0.178. The summed E-state index contributed by atoms with van der Waals surface area (Å²) in [7, 11) is -2.84. The van der Waals surface area contributed by atoms with Gasteiger partial charge in [-0.2, -0.15) is 0 Å². The molecule has 2 saturated heterocycles. The van der Waals surface area contributed by atoms with Gasteiger partial charge >= 0.3 is 0 Å². The summed E-state index contributed by atoms with van der Waals surface area (Å²) in [6.45, 7) is 5.86. The maximum atomic E-state index is 11.6. The van der Waals surface area contributed by atoms with Crippen LogP contribution in [0.15, 0.2) is 0 Å². The van der Waals surface area contributed by atoms with E-state index < -0.39 is 9.84 Å². The first-order chi connectivity index (χ1) is 7.84. The highest BCUT2D eigenvalue weighted by Gasteiger charge is 2.42.